The van der Waals surface area contributed by atoms with Crippen molar-refractivity contribution in [3.05, 3.63) is 41.5 Å². The molecule has 2 N–H and O–H groups in total. The van der Waals surface area contributed by atoms with Crippen LogP contribution in [0, 0.1) is 0 Å². The van der Waals surface area contributed by atoms with Gasteiger partial charge in [0.2, 0.25) is 0 Å². The Morgan fingerprint density at radius 3 is 2.88 bits per heavy atom. The van der Waals surface area contributed by atoms with Crippen molar-refractivity contribution < 1.29 is 0 Å². The lowest BCUT2D eigenvalue weighted by atomic mass is 9.91. The molecule has 1 aromatic rings. The van der Waals surface area contributed by atoms with Crippen LogP contribution in [0.1, 0.15) is 31.2 Å². The molecule has 2 heteroatoms. The molecule has 3 rings (SSSR count). The summed E-state index contributed by atoms with van der Waals surface area (Å²) in [6, 6.07) is 8.98. The van der Waals surface area contributed by atoms with Gasteiger partial charge in [0.05, 0.1) is 0 Å². The van der Waals surface area contributed by atoms with Gasteiger partial charge in [-0.15, -0.1) is 11.8 Å². The second kappa shape index (κ2) is 4.87. The number of benzene rings is 1. The number of fused-ring (bicyclic) bond motifs is 1. The summed E-state index contributed by atoms with van der Waals surface area (Å²) in [5.41, 5.74) is 9.43. The van der Waals surface area contributed by atoms with Crippen LogP contribution >= 0.6 is 11.8 Å². The number of allylic oxidation sites excluding steroid dienone is 1. The van der Waals surface area contributed by atoms with Crippen molar-refractivity contribution in [1.29, 1.82) is 0 Å². The molecule has 1 heterocycles. The molecular formula is C15H19NS. The molecule has 1 aromatic carbocycles. The summed E-state index contributed by atoms with van der Waals surface area (Å²) < 4.78 is 0. The fraction of sp³-hybridized carbons (Fsp3) is 0.467. The maximum Gasteiger partial charge on any atom is 0.0381 e. The van der Waals surface area contributed by atoms with Gasteiger partial charge in [-0.3, -0.25) is 0 Å². The molecule has 2 atom stereocenters. The van der Waals surface area contributed by atoms with E-state index in [1.807, 2.05) is 11.8 Å². The molecule has 1 aliphatic carbocycles. The van der Waals surface area contributed by atoms with E-state index in [1.165, 1.54) is 41.7 Å². The van der Waals surface area contributed by atoms with Crippen LogP contribution in [-0.4, -0.2) is 11.3 Å². The number of hydrogen-bond acceptors (Lipinski definition) is 2. The summed E-state index contributed by atoms with van der Waals surface area (Å²) in [6.45, 7) is 0. The standard InChI is InChI=1S/C15H19NS/c16-15(11-6-2-1-3-7-11)14-10-12-8-4-5-9-13(12)17-14/h4-6,8-9,14-15H,1-3,7,10,16H2. The molecular weight excluding hydrogens is 226 g/mol. The molecule has 0 spiro atoms. The predicted molar refractivity (Wildman–Crippen MR) is 74.3 cm³/mol. The van der Waals surface area contributed by atoms with Gasteiger partial charge in [0.25, 0.3) is 0 Å². The van der Waals surface area contributed by atoms with Gasteiger partial charge >= 0.3 is 0 Å². The average Bonchev–Trinajstić information content (AvgIpc) is 2.82. The van der Waals surface area contributed by atoms with Crippen LogP contribution in [0.2, 0.25) is 0 Å². The Morgan fingerprint density at radius 1 is 1.24 bits per heavy atom. The first-order chi connectivity index (χ1) is 8.34. The maximum atomic E-state index is 6.44. The summed E-state index contributed by atoms with van der Waals surface area (Å²) in [4.78, 5) is 1.43. The van der Waals surface area contributed by atoms with Gasteiger partial charge in [0.1, 0.15) is 0 Å². The lowest BCUT2D eigenvalue weighted by molar-refractivity contribution is 0.616. The molecule has 0 bridgehead atoms. The minimum absolute atomic E-state index is 0.257. The quantitative estimate of drug-likeness (QED) is 0.807. The predicted octanol–water partition coefficient (Wildman–Crippen LogP) is 3.53. The number of nitrogens with two attached hydrogens (primary N) is 1. The van der Waals surface area contributed by atoms with Crippen molar-refractivity contribution in [2.24, 2.45) is 5.73 Å². The highest BCUT2D eigenvalue weighted by molar-refractivity contribution is 8.00. The summed E-state index contributed by atoms with van der Waals surface area (Å²) in [5.74, 6) is 0. The molecule has 0 radical (unpaired) electrons. The van der Waals surface area contributed by atoms with Gasteiger partial charge in [-0.2, -0.15) is 0 Å². The molecule has 1 nitrogen and oxygen atoms in total. The Kier molecular flexibility index (Phi) is 3.26. The zero-order valence-electron chi connectivity index (χ0n) is 10.1. The van der Waals surface area contributed by atoms with E-state index in [9.17, 15) is 0 Å². The summed E-state index contributed by atoms with van der Waals surface area (Å²) in [5, 5.41) is 0.553. The first kappa shape index (κ1) is 11.4. The molecule has 0 fully saturated rings. The smallest absolute Gasteiger partial charge is 0.0381 e. The summed E-state index contributed by atoms with van der Waals surface area (Å²) in [6.07, 6.45) is 8.64. The summed E-state index contributed by atoms with van der Waals surface area (Å²) >= 11 is 1.97. The van der Waals surface area contributed by atoms with Crippen molar-refractivity contribution >= 4 is 11.8 Å². The van der Waals surface area contributed by atoms with Gasteiger partial charge in [-0.1, -0.05) is 29.8 Å². The normalized spacial score (nSPS) is 25.2. The molecule has 0 aromatic heterocycles. The van der Waals surface area contributed by atoms with Crippen molar-refractivity contribution in [2.45, 2.75) is 48.3 Å². The van der Waals surface area contributed by atoms with E-state index in [-0.39, 0.29) is 6.04 Å². The van der Waals surface area contributed by atoms with E-state index in [4.69, 9.17) is 5.73 Å². The first-order valence-electron chi connectivity index (χ1n) is 6.53. The van der Waals surface area contributed by atoms with E-state index in [0.29, 0.717) is 5.25 Å². The van der Waals surface area contributed by atoms with E-state index in [2.05, 4.69) is 30.3 Å². The second-order valence-electron chi connectivity index (χ2n) is 5.02. The van der Waals surface area contributed by atoms with Gasteiger partial charge in [0, 0.05) is 16.2 Å². The Balaban J connectivity index is 1.73. The van der Waals surface area contributed by atoms with Gasteiger partial charge in [-0.05, 0) is 43.7 Å². The summed E-state index contributed by atoms with van der Waals surface area (Å²) in [7, 11) is 0. The van der Waals surface area contributed by atoms with Crippen LogP contribution in [-0.2, 0) is 6.42 Å². The van der Waals surface area contributed by atoms with Crippen LogP contribution < -0.4 is 5.73 Å². The second-order valence-corrected chi connectivity index (χ2v) is 6.30. The third-order valence-electron chi connectivity index (χ3n) is 3.83. The fourth-order valence-electron chi connectivity index (χ4n) is 2.81. The monoisotopic (exact) mass is 245 g/mol. The topological polar surface area (TPSA) is 26.0 Å². The maximum absolute atomic E-state index is 6.44. The van der Waals surface area contributed by atoms with Gasteiger partial charge in [-0.25, -0.2) is 0 Å². The molecule has 2 unspecified atom stereocenters. The van der Waals surface area contributed by atoms with E-state index in [1.54, 1.807) is 0 Å². The molecule has 1 aliphatic heterocycles. The lowest BCUT2D eigenvalue weighted by Crippen LogP contribution is -2.34. The molecule has 0 saturated carbocycles. The van der Waals surface area contributed by atoms with Crippen molar-refractivity contribution in [1.82, 2.24) is 0 Å². The number of thioether (sulfide) groups is 1. The Bertz CT molecular complexity index is 413. The SMILES string of the molecule is NC(C1=CCCCC1)C1Cc2ccccc2S1. The third-order valence-corrected chi connectivity index (χ3v) is 5.24. The highest BCUT2D eigenvalue weighted by Crippen LogP contribution is 2.40. The number of hydrogen-bond donors (Lipinski definition) is 1. The van der Waals surface area contributed by atoms with Crippen LogP contribution in [0.5, 0.6) is 0 Å². The van der Waals surface area contributed by atoms with Crippen LogP contribution in [0.4, 0.5) is 0 Å². The first-order valence-corrected chi connectivity index (χ1v) is 7.41. The Morgan fingerprint density at radius 2 is 2.12 bits per heavy atom. The van der Waals surface area contributed by atoms with Crippen molar-refractivity contribution in [2.75, 3.05) is 0 Å². The van der Waals surface area contributed by atoms with Crippen LogP contribution in [0.3, 0.4) is 0 Å². The van der Waals surface area contributed by atoms with Crippen LogP contribution in [0.15, 0.2) is 40.8 Å². The average molecular weight is 245 g/mol. The van der Waals surface area contributed by atoms with E-state index >= 15 is 0 Å². The Labute approximate surface area is 107 Å². The van der Waals surface area contributed by atoms with Crippen LogP contribution in [0.25, 0.3) is 0 Å². The molecule has 17 heavy (non-hydrogen) atoms. The molecule has 2 aliphatic rings. The minimum Gasteiger partial charge on any atom is -0.323 e. The lowest BCUT2D eigenvalue weighted by Gasteiger charge is -2.24. The number of rotatable bonds is 2. The zero-order chi connectivity index (χ0) is 11.7. The van der Waals surface area contributed by atoms with Crippen molar-refractivity contribution in [3.63, 3.8) is 0 Å². The largest absolute Gasteiger partial charge is 0.323 e. The van der Waals surface area contributed by atoms with Gasteiger partial charge < -0.3 is 5.73 Å². The van der Waals surface area contributed by atoms with Gasteiger partial charge in [0.15, 0.2) is 0 Å². The third kappa shape index (κ3) is 2.29. The highest BCUT2D eigenvalue weighted by Gasteiger charge is 2.29. The molecule has 0 saturated heterocycles. The molecule has 0 amide bonds. The van der Waals surface area contributed by atoms with E-state index < -0.39 is 0 Å². The Hall–Kier alpha value is -0.730. The highest BCUT2D eigenvalue weighted by atomic mass is 32.2. The van der Waals surface area contributed by atoms with E-state index in [0.717, 1.165) is 6.42 Å². The fourth-order valence-corrected chi connectivity index (χ4v) is 4.18. The van der Waals surface area contributed by atoms with Crippen molar-refractivity contribution in [3.8, 4) is 0 Å². The zero-order valence-corrected chi connectivity index (χ0v) is 10.9. The molecule has 90 valence electrons. The minimum atomic E-state index is 0.257.